The van der Waals surface area contributed by atoms with E-state index in [1.807, 2.05) is 0 Å². The summed E-state index contributed by atoms with van der Waals surface area (Å²) in [7, 11) is 0. The van der Waals surface area contributed by atoms with Crippen molar-refractivity contribution in [3.8, 4) is 17.4 Å². The first-order chi connectivity index (χ1) is 14.4. The van der Waals surface area contributed by atoms with Gasteiger partial charge in [0.15, 0.2) is 0 Å². The number of para-hydroxylation sites is 2. The maximum absolute atomic E-state index is 12.4. The van der Waals surface area contributed by atoms with Crippen LogP contribution < -0.4 is 5.32 Å². The lowest BCUT2D eigenvalue weighted by Gasteiger charge is -2.07. The maximum atomic E-state index is 12.4. The van der Waals surface area contributed by atoms with Gasteiger partial charge in [-0.05, 0) is 30.3 Å². The van der Waals surface area contributed by atoms with Gasteiger partial charge >= 0.3 is 5.97 Å². The first-order valence-corrected chi connectivity index (χ1v) is 8.50. The Morgan fingerprint density at radius 3 is 2.50 bits per heavy atom. The van der Waals surface area contributed by atoms with E-state index in [-0.39, 0.29) is 39.6 Å². The fourth-order valence-corrected chi connectivity index (χ4v) is 2.68. The molecule has 0 saturated heterocycles. The number of carboxylic acids is 1. The predicted octanol–water partition coefficient (Wildman–Crippen LogP) is 4.10. The van der Waals surface area contributed by atoms with E-state index in [1.54, 1.807) is 18.2 Å². The molecule has 0 fully saturated rings. The van der Waals surface area contributed by atoms with Gasteiger partial charge in [-0.1, -0.05) is 24.3 Å². The largest absolute Gasteiger partial charge is 0.478 e. The summed E-state index contributed by atoms with van der Waals surface area (Å²) in [5.41, 5.74) is -0.318. The van der Waals surface area contributed by atoms with E-state index < -0.39 is 16.8 Å². The molecule has 0 bridgehead atoms. The zero-order valence-corrected chi connectivity index (χ0v) is 15.2. The van der Waals surface area contributed by atoms with Gasteiger partial charge in [0.2, 0.25) is 0 Å². The molecule has 0 spiro atoms. The number of nitrogens with zero attached hydrogens (tertiary/aromatic N) is 2. The fraction of sp³-hybridized carbons (Fsp3) is 0. The topological polar surface area (TPSA) is 146 Å². The maximum Gasteiger partial charge on any atom is 0.337 e. The number of anilines is 1. The van der Waals surface area contributed by atoms with E-state index in [9.17, 15) is 30.1 Å². The van der Waals surface area contributed by atoms with Crippen LogP contribution in [-0.2, 0) is 4.79 Å². The summed E-state index contributed by atoms with van der Waals surface area (Å²) in [5.74, 6) is -1.73. The van der Waals surface area contributed by atoms with E-state index >= 15 is 0 Å². The molecule has 0 unspecified atom stereocenters. The number of nitriles is 1. The molecule has 30 heavy (non-hydrogen) atoms. The van der Waals surface area contributed by atoms with E-state index in [0.717, 1.165) is 6.08 Å². The number of hydrogen-bond acceptors (Lipinski definition) is 6. The van der Waals surface area contributed by atoms with Crippen LogP contribution >= 0.6 is 0 Å². The monoisotopic (exact) mass is 403 g/mol. The van der Waals surface area contributed by atoms with Crippen molar-refractivity contribution in [2.24, 2.45) is 0 Å². The van der Waals surface area contributed by atoms with Crippen LogP contribution in [0.5, 0.6) is 0 Å². The van der Waals surface area contributed by atoms with Crippen LogP contribution in [-0.4, -0.2) is 21.9 Å². The Kier molecular flexibility index (Phi) is 5.70. The van der Waals surface area contributed by atoms with Crippen LogP contribution in [0.1, 0.15) is 16.1 Å². The Balaban J connectivity index is 1.88. The van der Waals surface area contributed by atoms with Crippen molar-refractivity contribution in [1.82, 2.24) is 0 Å². The molecule has 0 aliphatic heterocycles. The number of furan rings is 1. The first-order valence-electron chi connectivity index (χ1n) is 8.50. The van der Waals surface area contributed by atoms with Crippen molar-refractivity contribution in [2.75, 3.05) is 5.32 Å². The van der Waals surface area contributed by atoms with Gasteiger partial charge in [-0.3, -0.25) is 14.9 Å². The van der Waals surface area contributed by atoms with Gasteiger partial charge in [-0.15, -0.1) is 0 Å². The van der Waals surface area contributed by atoms with Gasteiger partial charge in [-0.25, -0.2) is 4.79 Å². The molecule has 1 amide bonds. The molecule has 3 rings (SSSR count). The van der Waals surface area contributed by atoms with Gasteiger partial charge in [0, 0.05) is 12.1 Å². The average molecular weight is 403 g/mol. The van der Waals surface area contributed by atoms with Gasteiger partial charge in [0.05, 0.1) is 21.7 Å². The Morgan fingerprint density at radius 1 is 1.10 bits per heavy atom. The Hall–Kier alpha value is -4.71. The molecule has 0 aliphatic carbocycles. The summed E-state index contributed by atoms with van der Waals surface area (Å²) in [6.07, 6.45) is 1.16. The summed E-state index contributed by atoms with van der Waals surface area (Å²) in [5, 5.41) is 32.1. The molecule has 1 heterocycles. The number of nitro benzene ring substituents is 1. The van der Waals surface area contributed by atoms with Gasteiger partial charge < -0.3 is 14.8 Å². The molecule has 2 N–H and O–H groups in total. The molecule has 0 aliphatic rings. The average Bonchev–Trinajstić information content (AvgIpc) is 3.20. The van der Waals surface area contributed by atoms with Crippen LogP contribution in [0.3, 0.4) is 0 Å². The number of rotatable bonds is 6. The van der Waals surface area contributed by atoms with E-state index in [4.69, 9.17) is 4.42 Å². The van der Waals surface area contributed by atoms with Gasteiger partial charge in [-0.2, -0.15) is 5.26 Å². The van der Waals surface area contributed by atoms with Gasteiger partial charge in [0.1, 0.15) is 23.2 Å². The van der Waals surface area contributed by atoms with E-state index in [0.29, 0.717) is 0 Å². The molecule has 0 atom stereocenters. The van der Waals surface area contributed by atoms with Crippen LogP contribution in [0, 0.1) is 21.4 Å². The summed E-state index contributed by atoms with van der Waals surface area (Å²) < 4.78 is 5.55. The lowest BCUT2D eigenvalue weighted by Crippen LogP contribution is -2.16. The molecular formula is C21H13N3O6. The van der Waals surface area contributed by atoms with Crippen LogP contribution in [0.15, 0.2) is 70.7 Å². The highest BCUT2D eigenvalue weighted by atomic mass is 16.6. The van der Waals surface area contributed by atoms with Crippen molar-refractivity contribution >= 4 is 29.3 Å². The molecule has 2 aromatic carbocycles. The molecule has 9 nitrogen and oxygen atoms in total. The second kappa shape index (κ2) is 8.53. The molecule has 0 saturated carbocycles. The Labute approximate surface area is 169 Å². The zero-order valence-electron chi connectivity index (χ0n) is 15.2. The molecule has 0 radical (unpaired) electrons. The third-order valence-corrected chi connectivity index (χ3v) is 4.05. The third-order valence-electron chi connectivity index (χ3n) is 4.05. The quantitative estimate of drug-likeness (QED) is 0.272. The lowest BCUT2D eigenvalue weighted by atomic mass is 10.1. The van der Waals surface area contributed by atoms with Crippen molar-refractivity contribution in [3.05, 3.63) is 87.7 Å². The number of aromatic carboxylic acids is 1. The van der Waals surface area contributed by atoms with Crippen LogP contribution in [0.4, 0.5) is 11.4 Å². The normalized spacial score (nSPS) is 10.8. The summed E-state index contributed by atoms with van der Waals surface area (Å²) in [4.78, 5) is 34.3. The van der Waals surface area contributed by atoms with Gasteiger partial charge in [0.25, 0.3) is 11.6 Å². The Bertz CT molecular complexity index is 1220. The summed E-state index contributed by atoms with van der Waals surface area (Å²) in [6, 6.07) is 16.4. The number of carboxylic acid groups (broad SMARTS) is 1. The number of nitrogens with one attached hydrogen (secondary N) is 1. The number of hydrogen-bond donors (Lipinski definition) is 2. The van der Waals surface area contributed by atoms with Crippen molar-refractivity contribution in [1.29, 1.82) is 5.26 Å². The Morgan fingerprint density at radius 2 is 1.80 bits per heavy atom. The fourth-order valence-electron chi connectivity index (χ4n) is 2.68. The number of carbonyl (C=O) groups excluding carboxylic acids is 1. The molecule has 9 heteroatoms. The highest BCUT2D eigenvalue weighted by Gasteiger charge is 2.18. The van der Waals surface area contributed by atoms with E-state index in [1.165, 1.54) is 48.5 Å². The molecular weight excluding hydrogens is 390 g/mol. The van der Waals surface area contributed by atoms with Crippen molar-refractivity contribution in [3.63, 3.8) is 0 Å². The minimum absolute atomic E-state index is 0.0381. The highest BCUT2D eigenvalue weighted by molar-refractivity contribution is 6.11. The number of amides is 1. The van der Waals surface area contributed by atoms with Crippen molar-refractivity contribution < 1.29 is 24.0 Å². The summed E-state index contributed by atoms with van der Waals surface area (Å²) >= 11 is 0. The van der Waals surface area contributed by atoms with Crippen LogP contribution in [0.25, 0.3) is 17.4 Å². The molecule has 3 aromatic rings. The zero-order chi connectivity index (χ0) is 21.7. The minimum atomic E-state index is -1.23. The summed E-state index contributed by atoms with van der Waals surface area (Å²) in [6.45, 7) is 0. The standard InChI is InChI=1S/C21H13N3O6/c22-12-13(20(25)23-17-7-3-1-5-15(17)21(26)27)11-14-9-10-19(30-14)16-6-2-4-8-18(16)24(28)29/h1-11H,(H,23,25)(H,26,27). The minimum Gasteiger partial charge on any atom is -0.478 e. The molecule has 148 valence electrons. The van der Waals surface area contributed by atoms with Crippen LogP contribution in [0.2, 0.25) is 0 Å². The second-order valence-corrected chi connectivity index (χ2v) is 5.95. The third kappa shape index (κ3) is 4.23. The van der Waals surface area contributed by atoms with E-state index in [2.05, 4.69) is 5.32 Å². The predicted molar refractivity (Wildman–Crippen MR) is 106 cm³/mol. The smallest absolute Gasteiger partial charge is 0.337 e. The number of carbonyl (C=O) groups is 2. The first kappa shape index (κ1) is 20.0. The SMILES string of the molecule is N#CC(=Cc1ccc(-c2ccccc2[N+](=O)[O-])o1)C(=O)Nc1ccccc1C(=O)O. The lowest BCUT2D eigenvalue weighted by molar-refractivity contribution is -0.384. The highest BCUT2D eigenvalue weighted by Crippen LogP contribution is 2.31. The van der Waals surface area contributed by atoms with Crippen molar-refractivity contribution in [2.45, 2.75) is 0 Å². The second-order valence-electron chi connectivity index (χ2n) is 5.95. The number of benzene rings is 2. The number of nitro groups is 1. The molecule has 1 aromatic heterocycles.